The third-order valence-electron chi connectivity index (χ3n) is 3.04. The van der Waals surface area contributed by atoms with Crippen LogP contribution in [0.2, 0.25) is 0 Å². The summed E-state index contributed by atoms with van der Waals surface area (Å²) in [6.07, 6.45) is 3.41. The van der Waals surface area contributed by atoms with E-state index in [1.165, 1.54) is 0 Å². The monoisotopic (exact) mass is 273 g/mol. The van der Waals surface area contributed by atoms with Crippen LogP contribution in [0.3, 0.4) is 0 Å². The van der Waals surface area contributed by atoms with Gasteiger partial charge in [-0.2, -0.15) is 5.10 Å². The molecule has 2 aromatic rings. The molecule has 5 heteroatoms. The molecule has 20 heavy (non-hydrogen) atoms. The van der Waals surface area contributed by atoms with E-state index in [0.717, 1.165) is 29.9 Å². The fraction of sp³-hybridized carbons (Fsp3) is 0.400. The fourth-order valence-electron chi connectivity index (χ4n) is 2.09. The molecule has 2 rings (SSSR count). The molecule has 0 aliphatic rings. The standard InChI is InChI=1S/C15H19N3O2/c1-4-6-12-11(15(19)20-5-2)7-8-13(17-12)14-9-10-16-18(14)3/h7-10H,4-6H2,1-3H3. The van der Waals surface area contributed by atoms with Crippen molar-refractivity contribution in [3.63, 3.8) is 0 Å². The van der Waals surface area contributed by atoms with Crippen molar-refractivity contribution in [3.05, 3.63) is 35.7 Å². The molecule has 0 aliphatic carbocycles. The van der Waals surface area contributed by atoms with E-state index in [-0.39, 0.29) is 5.97 Å². The lowest BCUT2D eigenvalue weighted by Crippen LogP contribution is -2.10. The smallest absolute Gasteiger partial charge is 0.339 e. The third-order valence-corrected chi connectivity index (χ3v) is 3.04. The van der Waals surface area contributed by atoms with Crippen LogP contribution < -0.4 is 0 Å². The van der Waals surface area contributed by atoms with Gasteiger partial charge in [-0.3, -0.25) is 9.67 Å². The highest BCUT2D eigenvalue weighted by molar-refractivity contribution is 5.91. The topological polar surface area (TPSA) is 57.0 Å². The molecule has 0 aliphatic heterocycles. The number of pyridine rings is 1. The van der Waals surface area contributed by atoms with Gasteiger partial charge < -0.3 is 4.74 Å². The molecule has 0 spiro atoms. The maximum Gasteiger partial charge on any atom is 0.339 e. The van der Waals surface area contributed by atoms with E-state index < -0.39 is 0 Å². The Morgan fingerprint density at radius 2 is 2.10 bits per heavy atom. The maximum atomic E-state index is 11.9. The van der Waals surface area contributed by atoms with Crippen molar-refractivity contribution in [3.8, 4) is 11.4 Å². The number of hydrogen-bond donors (Lipinski definition) is 0. The molecule has 5 nitrogen and oxygen atoms in total. The largest absolute Gasteiger partial charge is 0.462 e. The van der Waals surface area contributed by atoms with Crippen molar-refractivity contribution in [2.24, 2.45) is 7.05 Å². The average molecular weight is 273 g/mol. The minimum Gasteiger partial charge on any atom is -0.462 e. The molecule has 2 heterocycles. The Labute approximate surface area is 118 Å². The van der Waals surface area contributed by atoms with E-state index in [2.05, 4.69) is 17.0 Å². The number of carbonyl (C=O) groups is 1. The first-order chi connectivity index (χ1) is 9.67. The minimum atomic E-state index is -0.306. The van der Waals surface area contributed by atoms with Gasteiger partial charge in [0.25, 0.3) is 0 Å². The van der Waals surface area contributed by atoms with Gasteiger partial charge in [-0.15, -0.1) is 0 Å². The Morgan fingerprint density at radius 1 is 1.30 bits per heavy atom. The summed E-state index contributed by atoms with van der Waals surface area (Å²) in [5, 5.41) is 4.14. The van der Waals surface area contributed by atoms with Crippen LogP contribution >= 0.6 is 0 Å². The van der Waals surface area contributed by atoms with Crippen LogP contribution in [0.1, 0.15) is 36.3 Å². The van der Waals surface area contributed by atoms with Crippen molar-refractivity contribution in [2.45, 2.75) is 26.7 Å². The van der Waals surface area contributed by atoms with Gasteiger partial charge in [0.2, 0.25) is 0 Å². The second-order valence-corrected chi connectivity index (χ2v) is 4.50. The van der Waals surface area contributed by atoms with E-state index in [4.69, 9.17) is 4.74 Å². The zero-order valence-corrected chi connectivity index (χ0v) is 12.1. The van der Waals surface area contributed by atoms with Gasteiger partial charge in [-0.25, -0.2) is 4.79 Å². The van der Waals surface area contributed by atoms with Gasteiger partial charge in [-0.1, -0.05) is 13.3 Å². The first kappa shape index (κ1) is 14.2. The predicted molar refractivity (Wildman–Crippen MR) is 76.4 cm³/mol. The van der Waals surface area contributed by atoms with Gasteiger partial charge in [0.05, 0.1) is 29.3 Å². The fourth-order valence-corrected chi connectivity index (χ4v) is 2.09. The van der Waals surface area contributed by atoms with Crippen molar-refractivity contribution >= 4 is 5.97 Å². The molecule has 0 N–H and O–H groups in total. The van der Waals surface area contributed by atoms with E-state index in [1.54, 1.807) is 23.9 Å². The highest BCUT2D eigenvalue weighted by Crippen LogP contribution is 2.20. The van der Waals surface area contributed by atoms with Gasteiger partial charge >= 0.3 is 5.97 Å². The highest BCUT2D eigenvalue weighted by Gasteiger charge is 2.15. The van der Waals surface area contributed by atoms with Gasteiger partial charge in [0.15, 0.2) is 0 Å². The summed E-state index contributed by atoms with van der Waals surface area (Å²) >= 11 is 0. The van der Waals surface area contributed by atoms with Crippen molar-refractivity contribution in [1.29, 1.82) is 0 Å². The molecule has 0 fully saturated rings. The summed E-state index contributed by atoms with van der Waals surface area (Å²) in [5.74, 6) is -0.306. The van der Waals surface area contributed by atoms with Crippen LogP contribution in [0.5, 0.6) is 0 Å². The minimum absolute atomic E-state index is 0.306. The first-order valence-corrected chi connectivity index (χ1v) is 6.82. The van der Waals surface area contributed by atoms with Crippen LogP contribution in [0.4, 0.5) is 0 Å². The Morgan fingerprint density at radius 3 is 2.70 bits per heavy atom. The lowest BCUT2D eigenvalue weighted by Gasteiger charge is -2.10. The molecule has 0 saturated heterocycles. The number of hydrogen-bond acceptors (Lipinski definition) is 4. The highest BCUT2D eigenvalue weighted by atomic mass is 16.5. The molecule has 0 saturated carbocycles. The van der Waals surface area contributed by atoms with Gasteiger partial charge in [0, 0.05) is 13.2 Å². The lowest BCUT2D eigenvalue weighted by atomic mass is 10.1. The first-order valence-electron chi connectivity index (χ1n) is 6.82. The molecule has 0 radical (unpaired) electrons. The Hall–Kier alpha value is -2.17. The molecule has 0 atom stereocenters. The molecule has 0 aromatic carbocycles. The summed E-state index contributed by atoms with van der Waals surface area (Å²) in [6.45, 7) is 4.23. The van der Waals surface area contributed by atoms with E-state index in [0.29, 0.717) is 12.2 Å². The number of aromatic nitrogens is 3. The van der Waals surface area contributed by atoms with Crippen LogP contribution in [-0.2, 0) is 18.2 Å². The summed E-state index contributed by atoms with van der Waals surface area (Å²) in [5.41, 5.74) is 3.09. The van der Waals surface area contributed by atoms with E-state index in [9.17, 15) is 4.79 Å². The predicted octanol–water partition coefficient (Wildman–Crippen LogP) is 2.61. The molecule has 106 valence electrons. The number of esters is 1. The number of aryl methyl sites for hydroxylation is 2. The van der Waals surface area contributed by atoms with E-state index >= 15 is 0 Å². The zero-order chi connectivity index (χ0) is 14.5. The second-order valence-electron chi connectivity index (χ2n) is 4.50. The zero-order valence-electron chi connectivity index (χ0n) is 12.1. The molecule has 0 bridgehead atoms. The Balaban J connectivity index is 2.42. The Bertz CT molecular complexity index is 605. The van der Waals surface area contributed by atoms with Gasteiger partial charge in [0.1, 0.15) is 0 Å². The second kappa shape index (κ2) is 6.32. The average Bonchev–Trinajstić information content (AvgIpc) is 2.85. The lowest BCUT2D eigenvalue weighted by molar-refractivity contribution is 0.0524. The molecule has 2 aromatic heterocycles. The van der Waals surface area contributed by atoms with Crippen LogP contribution in [0, 0.1) is 0 Å². The van der Waals surface area contributed by atoms with E-state index in [1.807, 2.05) is 19.2 Å². The molecule has 0 unspecified atom stereocenters. The Kier molecular flexibility index (Phi) is 4.50. The SMILES string of the molecule is CCCc1nc(-c2ccnn2C)ccc1C(=O)OCC. The van der Waals surface area contributed by atoms with Crippen molar-refractivity contribution < 1.29 is 9.53 Å². The molecular weight excluding hydrogens is 254 g/mol. The summed E-state index contributed by atoms with van der Waals surface area (Å²) in [4.78, 5) is 16.5. The van der Waals surface area contributed by atoms with Crippen molar-refractivity contribution in [1.82, 2.24) is 14.8 Å². The summed E-state index contributed by atoms with van der Waals surface area (Å²) < 4.78 is 6.84. The van der Waals surface area contributed by atoms with Crippen LogP contribution in [0.15, 0.2) is 24.4 Å². The number of nitrogens with zero attached hydrogens (tertiary/aromatic N) is 3. The van der Waals surface area contributed by atoms with Gasteiger partial charge in [-0.05, 0) is 31.5 Å². The number of rotatable bonds is 5. The van der Waals surface area contributed by atoms with Crippen molar-refractivity contribution in [2.75, 3.05) is 6.61 Å². The number of carbonyl (C=O) groups excluding carboxylic acids is 1. The molecular formula is C15H19N3O2. The molecule has 0 amide bonds. The summed E-state index contributed by atoms with van der Waals surface area (Å²) in [6, 6.07) is 5.53. The van der Waals surface area contributed by atoms with Crippen LogP contribution in [0.25, 0.3) is 11.4 Å². The quantitative estimate of drug-likeness (QED) is 0.786. The normalized spacial score (nSPS) is 10.6. The maximum absolute atomic E-state index is 11.9. The summed E-state index contributed by atoms with van der Waals surface area (Å²) in [7, 11) is 1.87. The van der Waals surface area contributed by atoms with Crippen LogP contribution in [-0.4, -0.2) is 27.3 Å². The number of ether oxygens (including phenoxy) is 1. The third kappa shape index (κ3) is 2.87.